The first-order valence-corrected chi connectivity index (χ1v) is 13.0. The molecule has 0 aliphatic carbocycles. The van der Waals surface area contributed by atoms with Gasteiger partial charge >= 0.3 is 0 Å². The second-order valence-electron chi connectivity index (χ2n) is 8.24. The molecule has 3 aromatic rings. The fourth-order valence-electron chi connectivity index (χ4n) is 3.54. The van der Waals surface area contributed by atoms with E-state index in [1.165, 1.54) is 16.1 Å². The number of carbonyl (C=O) groups is 1. The molecular weight excluding hydrogens is 456 g/mol. The lowest BCUT2D eigenvalue weighted by atomic mass is 10.1. The fourth-order valence-corrected chi connectivity index (χ4v) is 4.61. The van der Waals surface area contributed by atoms with Crippen LogP contribution in [0.2, 0.25) is 5.02 Å². The van der Waals surface area contributed by atoms with Gasteiger partial charge in [0.2, 0.25) is 10.0 Å². The van der Waals surface area contributed by atoms with Crippen molar-refractivity contribution in [1.29, 1.82) is 0 Å². The highest BCUT2D eigenvalue weighted by molar-refractivity contribution is 7.92. The molecule has 0 aliphatic rings. The molecule has 33 heavy (non-hydrogen) atoms. The number of hydrogen-bond acceptors (Lipinski definition) is 3. The molecule has 0 radical (unpaired) electrons. The standard InChI is InChI=1S/C26H29ClN2O3S/c1-19-6-7-20(2)25(17-19)29(33(3,31)32)18-22-8-12-23(13-9-22)26(30)28-16-4-5-21-10-14-24(27)15-11-21/h6-15,17H,4-5,16,18H2,1-3H3,(H,28,30). The van der Waals surface area contributed by atoms with Crippen molar-refractivity contribution in [1.82, 2.24) is 5.32 Å². The summed E-state index contributed by atoms with van der Waals surface area (Å²) in [5.41, 5.74) is 5.08. The van der Waals surface area contributed by atoms with Crippen molar-refractivity contribution in [2.75, 3.05) is 17.1 Å². The highest BCUT2D eigenvalue weighted by Crippen LogP contribution is 2.26. The van der Waals surface area contributed by atoms with E-state index in [9.17, 15) is 13.2 Å². The molecule has 0 saturated carbocycles. The van der Waals surface area contributed by atoms with Crippen LogP contribution in [0.15, 0.2) is 66.7 Å². The largest absolute Gasteiger partial charge is 0.352 e. The maximum absolute atomic E-state index is 12.5. The molecule has 5 nitrogen and oxygen atoms in total. The molecule has 1 N–H and O–H groups in total. The van der Waals surface area contributed by atoms with E-state index in [2.05, 4.69) is 5.32 Å². The van der Waals surface area contributed by atoms with Gasteiger partial charge in [0.1, 0.15) is 0 Å². The number of benzene rings is 3. The Morgan fingerprint density at radius 1 is 0.939 bits per heavy atom. The lowest BCUT2D eigenvalue weighted by Gasteiger charge is -2.25. The quantitative estimate of drug-likeness (QED) is 0.420. The van der Waals surface area contributed by atoms with Crippen LogP contribution in [0.4, 0.5) is 5.69 Å². The Balaban J connectivity index is 1.60. The molecule has 0 atom stereocenters. The number of aryl methyl sites for hydroxylation is 3. The summed E-state index contributed by atoms with van der Waals surface area (Å²) in [6.07, 6.45) is 2.89. The van der Waals surface area contributed by atoms with Gasteiger partial charge in [-0.15, -0.1) is 0 Å². The minimum Gasteiger partial charge on any atom is -0.352 e. The maximum atomic E-state index is 12.5. The Morgan fingerprint density at radius 2 is 1.58 bits per heavy atom. The molecule has 0 aromatic heterocycles. The van der Waals surface area contributed by atoms with E-state index < -0.39 is 10.0 Å². The summed E-state index contributed by atoms with van der Waals surface area (Å²) in [4.78, 5) is 12.5. The van der Waals surface area contributed by atoms with E-state index in [0.29, 0.717) is 22.8 Å². The number of hydrogen-bond donors (Lipinski definition) is 1. The second-order valence-corrected chi connectivity index (χ2v) is 10.6. The van der Waals surface area contributed by atoms with Gasteiger partial charge in [0, 0.05) is 17.1 Å². The molecule has 0 bridgehead atoms. The molecule has 0 heterocycles. The van der Waals surface area contributed by atoms with E-state index in [1.807, 2.05) is 56.3 Å². The van der Waals surface area contributed by atoms with E-state index in [0.717, 1.165) is 29.5 Å². The first-order valence-electron chi connectivity index (χ1n) is 10.8. The third-order valence-corrected chi connectivity index (χ3v) is 6.80. The Hall–Kier alpha value is -2.83. The average molecular weight is 485 g/mol. The van der Waals surface area contributed by atoms with Crippen LogP contribution >= 0.6 is 11.6 Å². The van der Waals surface area contributed by atoms with Crippen molar-refractivity contribution in [2.24, 2.45) is 0 Å². The number of nitrogens with zero attached hydrogens (tertiary/aromatic N) is 1. The van der Waals surface area contributed by atoms with Crippen molar-refractivity contribution in [3.63, 3.8) is 0 Å². The van der Waals surface area contributed by atoms with Gasteiger partial charge in [0.05, 0.1) is 18.5 Å². The van der Waals surface area contributed by atoms with Gasteiger partial charge < -0.3 is 5.32 Å². The number of rotatable bonds is 9. The van der Waals surface area contributed by atoms with E-state index >= 15 is 0 Å². The predicted octanol–water partition coefficient (Wildman–Crippen LogP) is 5.29. The first kappa shape index (κ1) is 24.8. The van der Waals surface area contributed by atoms with E-state index in [1.54, 1.807) is 24.3 Å². The number of nitrogens with one attached hydrogen (secondary N) is 1. The van der Waals surface area contributed by atoms with Gasteiger partial charge in [-0.05, 0) is 79.3 Å². The number of halogens is 1. The molecule has 1 amide bonds. The van der Waals surface area contributed by atoms with Crippen molar-refractivity contribution < 1.29 is 13.2 Å². The molecule has 0 saturated heterocycles. The summed E-state index contributed by atoms with van der Waals surface area (Å²) < 4.78 is 26.4. The molecule has 0 spiro atoms. The lowest BCUT2D eigenvalue weighted by Crippen LogP contribution is -2.30. The third kappa shape index (κ3) is 7.07. The van der Waals surface area contributed by atoms with Gasteiger partial charge in [0.15, 0.2) is 0 Å². The Kier molecular flexibility index (Phi) is 8.16. The summed E-state index contributed by atoms with van der Waals surface area (Å²) >= 11 is 5.90. The minimum absolute atomic E-state index is 0.146. The molecule has 7 heteroatoms. The highest BCUT2D eigenvalue weighted by atomic mass is 35.5. The molecule has 0 unspecified atom stereocenters. The van der Waals surface area contributed by atoms with Gasteiger partial charge in [0.25, 0.3) is 5.91 Å². The van der Waals surface area contributed by atoms with Crippen LogP contribution in [0, 0.1) is 13.8 Å². The summed E-state index contributed by atoms with van der Waals surface area (Å²) in [7, 11) is -3.48. The highest BCUT2D eigenvalue weighted by Gasteiger charge is 2.20. The molecule has 174 valence electrons. The Morgan fingerprint density at radius 3 is 2.21 bits per heavy atom. The Bertz CT molecular complexity index is 1210. The first-order chi connectivity index (χ1) is 15.6. The van der Waals surface area contributed by atoms with E-state index in [-0.39, 0.29) is 12.5 Å². The van der Waals surface area contributed by atoms with Crippen LogP contribution in [0.5, 0.6) is 0 Å². The zero-order valence-corrected chi connectivity index (χ0v) is 20.7. The van der Waals surface area contributed by atoms with Crippen molar-refractivity contribution in [3.8, 4) is 0 Å². The summed E-state index contributed by atoms with van der Waals surface area (Å²) in [5, 5.41) is 3.65. The smallest absolute Gasteiger partial charge is 0.251 e. The molecule has 0 fully saturated rings. The van der Waals surface area contributed by atoms with Crippen LogP contribution in [0.1, 0.15) is 39.0 Å². The molecular formula is C26H29ClN2O3S. The topological polar surface area (TPSA) is 66.5 Å². The van der Waals surface area contributed by atoms with Gasteiger partial charge in [-0.2, -0.15) is 0 Å². The van der Waals surface area contributed by atoms with Crippen LogP contribution in [0.3, 0.4) is 0 Å². The van der Waals surface area contributed by atoms with Crippen LogP contribution in [-0.4, -0.2) is 27.1 Å². The summed E-state index contributed by atoms with van der Waals surface area (Å²) in [6, 6.07) is 20.5. The predicted molar refractivity (Wildman–Crippen MR) is 135 cm³/mol. The molecule has 3 rings (SSSR count). The van der Waals surface area contributed by atoms with Gasteiger partial charge in [-0.3, -0.25) is 9.10 Å². The van der Waals surface area contributed by atoms with E-state index in [4.69, 9.17) is 11.6 Å². The number of carbonyl (C=O) groups excluding carboxylic acids is 1. The lowest BCUT2D eigenvalue weighted by molar-refractivity contribution is 0.0953. The number of amides is 1. The normalized spacial score (nSPS) is 11.3. The average Bonchev–Trinajstić information content (AvgIpc) is 2.77. The van der Waals surface area contributed by atoms with Crippen molar-refractivity contribution in [3.05, 3.63) is 99.6 Å². The molecule has 3 aromatic carbocycles. The summed E-state index contributed by atoms with van der Waals surface area (Å²) in [6.45, 7) is 4.60. The monoisotopic (exact) mass is 484 g/mol. The molecule has 0 aliphatic heterocycles. The third-order valence-electron chi connectivity index (χ3n) is 5.42. The number of sulfonamides is 1. The van der Waals surface area contributed by atoms with Crippen LogP contribution < -0.4 is 9.62 Å². The van der Waals surface area contributed by atoms with Crippen molar-refractivity contribution in [2.45, 2.75) is 33.2 Å². The van der Waals surface area contributed by atoms with Gasteiger partial charge in [-0.25, -0.2) is 8.42 Å². The SMILES string of the molecule is Cc1ccc(C)c(N(Cc2ccc(C(=O)NCCCc3ccc(Cl)cc3)cc2)S(C)(=O)=O)c1. The number of anilines is 1. The van der Waals surface area contributed by atoms with Crippen LogP contribution in [0.25, 0.3) is 0 Å². The second kappa shape index (κ2) is 10.9. The zero-order chi connectivity index (χ0) is 24.0. The minimum atomic E-state index is -3.48. The van der Waals surface area contributed by atoms with Crippen molar-refractivity contribution >= 4 is 33.2 Å². The Labute approximate surface area is 201 Å². The maximum Gasteiger partial charge on any atom is 0.251 e. The van der Waals surface area contributed by atoms with Gasteiger partial charge in [-0.1, -0.05) is 48.0 Å². The zero-order valence-electron chi connectivity index (χ0n) is 19.1. The van der Waals surface area contributed by atoms with Crippen LogP contribution in [-0.2, 0) is 23.0 Å². The summed E-state index contributed by atoms with van der Waals surface area (Å²) in [5.74, 6) is -0.146. The fraction of sp³-hybridized carbons (Fsp3) is 0.269.